The normalized spacial score (nSPS) is 31.5. The first-order chi connectivity index (χ1) is 7.89. The Morgan fingerprint density at radius 3 is 2.38 bits per heavy atom. The van der Waals surface area contributed by atoms with E-state index >= 15 is 0 Å². The summed E-state index contributed by atoms with van der Waals surface area (Å²) in [4.78, 5) is 2.65. The zero-order chi connectivity index (χ0) is 10.8. The molecule has 3 nitrogen and oxygen atoms in total. The van der Waals surface area contributed by atoms with Crippen molar-refractivity contribution in [2.45, 2.75) is 25.7 Å². The lowest BCUT2D eigenvalue weighted by Gasteiger charge is -2.49. The van der Waals surface area contributed by atoms with Gasteiger partial charge in [-0.25, -0.2) is 0 Å². The quantitative estimate of drug-likeness (QED) is 0.777. The van der Waals surface area contributed by atoms with Crippen molar-refractivity contribution < 1.29 is 4.74 Å². The van der Waals surface area contributed by atoms with Gasteiger partial charge in [-0.15, -0.1) is 0 Å². The molecular weight excluding hydrogens is 200 g/mol. The summed E-state index contributed by atoms with van der Waals surface area (Å²) in [6, 6.07) is 0. The van der Waals surface area contributed by atoms with E-state index in [-0.39, 0.29) is 0 Å². The van der Waals surface area contributed by atoms with E-state index in [1.165, 1.54) is 58.4 Å². The summed E-state index contributed by atoms with van der Waals surface area (Å²) in [5, 5.41) is 3.43. The number of nitrogens with one attached hydrogen (secondary N) is 1. The molecule has 3 rings (SSSR count). The molecule has 3 fully saturated rings. The summed E-state index contributed by atoms with van der Waals surface area (Å²) in [7, 11) is 0. The zero-order valence-electron chi connectivity index (χ0n) is 10.2. The third kappa shape index (κ3) is 2.01. The van der Waals surface area contributed by atoms with Crippen LogP contribution < -0.4 is 5.32 Å². The summed E-state index contributed by atoms with van der Waals surface area (Å²) >= 11 is 0. The van der Waals surface area contributed by atoms with Crippen molar-refractivity contribution in [1.82, 2.24) is 10.2 Å². The molecule has 3 heteroatoms. The van der Waals surface area contributed by atoms with E-state index in [0.29, 0.717) is 5.41 Å². The third-order valence-corrected chi connectivity index (χ3v) is 4.75. The molecule has 0 bridgehead atoms. The van der Waals surface area contributed by atoms with Crippen LogP contribution in [0.5, 0.6) is 0 Å². The lowest BCUT2D eigenvalue weighted by Crippen LogP contribution is -2.57. The first kappa shape index (κ1) is 11.0. The van der Waals surface area contributed by atoms with Gasteiger partial charge >= 0.3 is 0 Å². The van der Waals surface area contributed by atoms with Crippen molar-refractivity contribution in [3.8, 4) is 0 Å². The number of piperazine rings is 1. The maximum absolute atomic E-state index is 5.55. The highest BCUT2D eigenvalue weighted by Gasteiger charge is 2.47. The number of hydrogen-bond donors (Lipinski definition) is 1. The standard InChI is InChI=1S/C13H24N2O/c1-2-4-12(3-1)13(10-16-11-13)9-15-7-5-14-6-8-15/h12,14H,1-11H2. The fourth-order valence-corrected chi connectivity index (χ4v) is 3.67. The Balaban J connectivity index is 1.60. The number of ether oxygens (including phenoxy) is 1. The van der Waals surface area contributed by atoms with Crippen molar-refractivity contribution in [2.75, 3.05) is 45.9 Å². The van der Waals surface area contributed by atoms with Crippen LogP contribution in [0, 0.1) is 11.3 Å². The fourth-order valence-electron chi connectivity index (χ4n) is 3.67. The molecule has 16 heavy (non-hydrogen) atoms. The molecule has 0 unspecified atom stereocenters. The molecule has 0 aromatic rings. The van der Waals surface area contributed by atoms with E-state index in [4.69, 9.17) is 4.74 Å². The smallest absolute Gasteiger partial charge is 0.0559 e. The van der Waals surface area contributed by atoms with Crippen LogP contribution in [0.15, 0.2) is 0 Å². The van der Waals surface area contributed by atoms with Gasteiger partial charge in [0.25, 0.3) is 0 Å². The van der Waals surface area contributed by atoms with Crippen LogP contribution in [0.4, 0.5) is 0 Å². The molecule has 0 amide bonds. The molecule has 2 heterocycles. The molecule has 1 saturated carbocycles. The average molecular weight is 224 g/mol. The van der Waals surface area contributed by atoms with Crippen LogP contribution in [-0.4, -0.2) is 50.8 Å². The van der Waals surface area contributed by atoms with E-state index in [0.717, 1.165) is 19.1 Å². The van der Waals surface area contributed by atoms with Crippen LogP contribution in [0.25, 0.3) is 0 Å². The topological polar surface area (TPSA) is 24.5 Å². The molecule has 3 aliphatic rings. The van der Waals surface area contributed by atoms with E-state index in [2.05, 4.69) is 10.2 Å². The van der Waals surface area contributed by atoms with E-state index in [9.17, 15) is 0 Å². The monoisotopic (exact) mass is 224 g/mol. The second-order valence-corrected chi connectivity index (χ2v) is 5.86. The van der Waals surface area contributed by atoms with Crippen molar-refractivity contribution in [2.24, 2.45) is 11.3 Å². The Bertz CT molecular complexity index is 228. The second-order valence-electron chi connectivity index (χ2n) is 5.86. The largest absolute Gasteiger partial charge is 0.380 e. The molecular formula is C13H24N2O. The predicted molar refractivity (Wildman–Crippen MR) is 64.5 cm³/mol. The minimum Gasteiger partial charge on any atom is -0.380 e. The molecule has 2 aliphatic heterocycles. The van der Waals surface area contributed by atoms with Crippen molar-refractivity contribution in [1.29, 1.82) is 0 Å². The van der Waals surface area contributed by atoms with Crippen molar-refractivity contribution in [3.05, 3.63) is 0 Å². The van der Waals surface area contributed by atoms with Gasteiger partial charge in [0.2, 0.25) is 0 Å². The highest BCUT2D eigenvalue weighted by atomic mass is 16.5. The number of nitrogens with zero attached hydrogens (tertiary/aromatic N) is 1. The molecule has 0 atom stereocenters. The fraction of sp³-hybridized carbons (Fsp3) is 1.00. The number of hydrogen-bond acceptors (Lipinski definition) is 3. The summed E-state index contributed by atoms with van der Waals surface area (Å²) < 4.78 is 5.55. The summed E-state index contributed by atoms with van der Waals surface area (Å²) in [6.07, 6.45) is 5.81. The lowest BCUT2D eigenvalue weighted by molar-refractivity contribution is -0.157. The van der Waals surface area contributed by atoms with Gasteiger partial charge in [-0.05, 0) is 18.8 Å². The molecule has 0 radical (unpaired) electrons. The van der Waals surface area contributed by atoms with Gasteiger partial charge in [-0.1, -0.05) is 12.8 Å². The molecule has 2 saturated heterocycles. The zero-order valence-corrected chi connectivity index (χ0v) is 10.2. The highest BCUT2D eigenvalue weighted by molar-refractivity contribution is 4.96. The van der Waals surface area contributed by atoms with Crippen LogP contribution >= 0.6 is 0 Å². The van der Waals surface area contributed by atoms with Crippen molar-refractivity contribution >= 4 is 0 Å². The van der Waals surface area contributed by atoms with Crippen LogP contribution in [0.3, 0.4) is 0 Å². The first-order valence-corrected chi connectivity index (χ1v) is 6.90. The Morgan fingerprint density at radius 1 is 1.12 bits per heavy atom. The lowest BCUT2D eigenvalue weighted by atomic mass is 9.72. The van der Waals surface area contributed by atoms with E-state index in [1.54, 1.807) is 0 Å². The summed E-state index contributed by atoms with van der Waals surface area (Å²) in [5.41, 5.74) is 0.536. The maximum atomic E-state index is 5.55. The van der Waals surface area contributed by atoms with Crippen LogP contribution in [-0.2, 0) is 4.74 Å². The average Bonchev–Trinajstić information content (AvgIpc) is 2.78. The van der Waals surface area contributed by atoms with E-state index in [1.807, 2.05) is 0 Å². The van der Waals surface area contributed by atoms with Gasteiger partial charge in [-0.3, -0.25) is 0 Å². The Hall–Kier alpha value is -0.120. The first-order valence-electron chi connectivity index (χ1n) is 6.90. The Morgan fingerprint density at radius 2 is 1.81 bits per heavy atom. The Labute approximate surface area is 98.5 Å². The van der Waals surface area contributed by atoms with Gasteiger partial charge in [-0.2, -0.15) is 0 Å². The summed E-state index contributed by atoms with van der Waals surface area (Å²) in [6.45, 7) is 8.15. The van der Waals surface area contributed by atoms with E-state index < -0.39 is 0 Å². The van der Waals surface area contributed by atoms with Crippen molar-refractivity contribution in [3.63, 3.8) is 0 Å². The van der Waals surface area contributed by atoms with Crippen LogP contribution in [0.1, 0.15) is 25.7 Å². The molecule has 0 spiro atoms. The minimum atomic E-state index is 0.536. The Kier molecular flexibility index (Phi) is 3.18. The van der Waals surface area contributed by atoms with Crippen LogP contribution in [0.2, 0.25) is 0 Å². The molecule has 0 aromatic heterocycles. The third-order valence-electron chi connectivity index (χ3n) is 4.75. The van der Waals surface area contributed by atoms with Gasteiger partial charge in [0.05, 0.1) is 13.2 Å². The molecule has 0 aromatic carbocycles. The number of rotatable bonds is 3. The predicted octanol–water partition coefficient (Wildman–Crippen LogP) is 1.10. The minimum absolute atomic E-state index is 0.536. The molecule has 92 valence electrons. The van der Waals surface area contributed by atoms with Gasteiger partial charge < -0.3 is 15.0 Å². The summed E-state index contributed by atoms with van der Waals surface area (Å²) in [5.74, 6) is 0.955. The second kappa shape index (κ2) is 4.63. The highest BCUT2D eigenvalue weighted by Crippen LogP contribution is 2.45. The van der Waals surface area contributed by atoms with Gasteiger partial charge in [0.1, 0.15) is 0 Å². The molecule has 1 aliphatic carbocycles. The van der Waals surface area contributed by atoms with Gasteiger partial charge in [0, 0.05) is 38.1 Å². The SMILES string of the molecule is C1CCC(C2(CN3CCNCC3)COC2)C1. The van der Waals surface area contributed by atoms with Gasteiger partial charge in [0.15, 0.2) is 0 Å². The molecule has 1 N–H and O–H groups in total. The maximum Gasteiger partial charge on any atom is 0.0559 e.